The number of rotatable bonds is 6. The molecule has 2 nitrogen and oxygen atoms in total. The van der Waals surface area contributed by atoms with Crippen molar-refractivity contribution >= 4 is 11.8 Å². The molecule has 0 saturated heterocycles. The number of hydrogen-bond acceptors (Lipinski definition) is 3. The molecule has 0 bridgehead atoms. The minimum atomic E-state index is -0.0890. The van der Waals surface area contributed by atoms with Crippen LogP contribution in [0.4, 0.5) is 0 Å². The van der Waals surface area contributed by atoms with Gasteiger partial charge in [-0.25, -0.2) is 0 Å². The van der Waals surface area contributed by atoms with Gasteiger partial charge in [0.15, 0.2) is 0 Å². The number of aliphatic hydroxyl groups excluding tert-OH is 1. The van der Waals surface area contributed by atoms with E-state index in [9.17, 15) is 0 Å². The van der Waals surface area contributed by atoms with Gasteiger partial charge in [0.1, 0.15) is 6.61 Å². The fraction of sp³-hybridized carbons (Fsp3) is 0.500. The normalized spacial score (nSPS) is 12.1. The van der Waals surface area contributed by atoms with Crippen LogP contribution in [0, 0.1) is 11.8 Å². The first-order valence-corrected chi connectivity index (χ1v) is 7.95. The molecule has 1 unspecified atom stereocenters. The summed E-state index contributed by atoms with van der Waals surface area (Å²) in [6.45, 7) is 3.07. The van der Waals surface area contributed by atoms with Gasteiger partial charge < -0.3 is 5.11 Å². The highest BCUT2D eigenvalue weighted by molar-refractivity contribution is 7.98. The van der Waals surface area contributed by atoms with Gasteiger partial charge >= 0.3 is 0 Å². The summed E-state index contributed by atoms with van der Waals surface area (Å²) in [7, 11) is 2.15. The van der Waals surface area contributed by atoms with Crippen molar-refractivity contribution in [1.29, 1.82) is 0 Å². The zero-order valence-electron chi connectivity index (χ0n) is 12.0. The van der Waals surface area contributed by atoms with Crippen LogP contribution in [0.2, 0.25) is 0 Å². The minimum Gasteiger partial charge on any atom is -0.384 e. The van der Waals surface area contributed by atoms with E-state index in [-0.39, 0.29) is 6.61 Å². The van der Waals surface area contributed by atoms with Crippen LogP contribution in [-0.4, -0.2) is 41.7 Å². The van der Waals surface area contributed by atoms with Gasteiger partial charge in [-0.2, -0.15) is 11.8 Å². The fourth-order valence-electron chi connectivity index (χ4n) is 1.85. The lowest BCUT2D eigenvalue weighted by Gasteiger charge is -2.25. The van der Waals surface area contributed by atoms with Crippen molar-refractivity contribution in [2.45, 2.75) is 25.9 Å². The first-order chi connectivity index (χ1) is 9.19. The van der Waals surface area contributed by atoms with Gasteiger partial charge in [0.25, 0.3) is 0 Å². The van der Waals surface area contributed by atoms with Gasteiger partial charge in [0.05, 0.1) is 0 Å². The second kappa shape index (κ2) is 9.03. The molecule has 0 aliphatic heterocycles. The zero-order chi connectivity index (χ0) is 14.1. The molecule has 3 heteroatoms. The summed E-state index contributed by atoms with van der Waals surface area (Å²) in [6, 6.07) is 8.71. The molecule has 0 aromatic heterocycles. The molecule has 0 fully saturated rings. The molecule has 1 aromatic rings. The molecule has 104 valence electrons. The predicted molar refractivity (Wildman–Crippen MR) is 84.3 cm³/mol. The molecule has 1 rings (SSSR count). The Morgan fingerprint density at radius 2 is 2.11 bits per heavy atom. The molecule has 1 aromatic carbocycles. The Hall–Kier alpha value is -0.950. The first-order valence-electron chi connectivity index (χ1n) is 6.55. The number of aliphatic hydroxyl groups is 1. The molecular formula is C16H23NOS. The van der Waals surface area contributed by atoms with Crippen LogP contribution in [0.25, 0.3) is 0 Å². The molecular weight excluding hydrogens is 254 g/mol. The molecule has 1 atom stereocenters. The van der Waals surface area contributed by atoms with Gasteiger partial charge in [-0.1, -0.05) is 30.0 Å². The Kier molecular flexibility index (Phi) is 7.66. The van der Waals surface area contributed by atoms with E-state index in [4.69, 9.17) is 5.11 Å². The molecule has 1 N–H and O–H groups in total. The third kappa shape index (κ3) is 5.69. The van der Waals surface area contributed by atoms with Crippen LogP contribution >= 0.6 is 11.8 Å². The average molecular weight is 277 g/mol. The first kappa shape index (κ1) is 16.1. The van der Waals surface area contributed by atoms with Crippen LogP contribution in [0.3, 0.4) is 0 Å². The van der Waals surface area contributed by atoms with E-state index < -0.39 is 0 Å². The SMILES string of the molecule is CSCCC(C)N(C)Cc1ccccc1C#CCO. The Morgan fingerprint density at radius 3 is 2.79 bits per heavy atom. The van der Waals surface area contributed by atoms with Crippen molar-refractivity contribution in [2.24, 2.45) is 0 Å². The maximum absolute atomic E-state index is 8.80. The van der Waals surface area contributed by atoms with Crippen molar-refractivity contribution in [3.8, 4) is 11.8 Å². The molecule has 19 heavy (non-hydrogen) atoms. The van der Waals surface area contributed by atoms with Gasteiger partial charge in [-0.15, -0.1) is 0 Å². The standard InChI is InChI=1S/C16H23NOS/c1-14(10-12-19-3)17(2)13-16-8-5-4-7-15(16)9-6-11-18/h4-5,7-8,14,18H,10-13H2,1-3H3. The van der Waals surface area contributed by atoms with Crippen molar-refractivity contribution in [2.75, 3.05) is 25.7 Å². The van der Waals surface area contributed by atoms with E-state index in [1.165, 1.54) is 17.7 Å². The van der Waals surface area contributed by atoms with E-state index in [1.807, 2.05) is 30.0 Å². The summed E-state index contributed by atoms with van der Waals surface area (Å²) in [5.74, 6) is 6.94. The smallest absolute Gasteiger partial charge is 0.104 e. The third-order valence-corrected chi connectivity index (χ3v) is 3.88. The summed E-state index contributed by atoms with van der Waals surface area (Å²) >= 11 is 1.89. The van der Waals surface area contributed by atoms with E-state index in [2.05, 4.69) is 43.0 Å². The van der Waals surface area contributed by atoms with Crippen molar-refractivity contribution in [3.05, 3.63) is 35.4 Å². The van der Waals surface area contributed by atoms with Crippen LogP contribution in [0.1, 0.15) is 24.5 Å². The van der Waals surface area contributed by atoms with Crippen LogP contribution in [0.15, 0.2) is 24.3 Å². The van der Waals surface area contributed by atoms with Gasteiger partial charge in [0.2, 0.25) is 0 Å². The lowest BCUT2D eigenvalue weighted by molar-refractivity contribution is 0.245. The number of nitrogens with zero attached hydrogens (tertiary/aromatic N) is 1. The van der Waals surface area contributed by atoms with Crippen LogP contribution < -0.4 is 0 Å². The van der Waals surface area contributed by atoms with E-state index in [0.29, 0.717) is 6.04 Å². The largest absolute Gasteiger partial charge is 0.384 e. The lowest BCUT2D eigenvalue weighted by atomic mass is 10.1. The molecule has 0 heterocycles. The average Bonchev–Trinajstić information content (AvgIpc) is 2.43. The summed E-state index contributed by atoms with van der Waals surface area (Å²) in [5, 5.41) is 8.80. The molecule has 0 amide bonds. The zero-order valence-corrected chi connectivity index (χ0v) is 12.8. The molecule has 0 aliphatic rings. The summed E-state index contributed by atoms with van der Waals surface area (Å²) < 4.78 is 0. The van der Waals surface area contributed by atoms with Gasteiger partial charge in [-0.3, -0.25) is 4.90 Å². The third-order valence-electron chi connectivity index (χ3n) is 3.23. The van der Waals surface area contributed by atoms with Gasteiger partial charge in [-0.05, 0) is 44.0 Å². The summed E-state index contributed by atoms with van der Waals surface area (Å²) in [4.78, 5) is 2.36. The highest BCUT2D eigenvalue weighted by atomic mass is 32.2. The number of thioether (sulfide) groups is 1. The molecule has 0 spiro atoms. The number of hydrogen-bond donors (Lipinski definition) is 1. The lowest BCUT2D eigenvalue weighted by Crippen LogP contribution is -2.29. The topological polar surface area (TPSA) is 23.5 Å². The molecule has 0 saturated carbocycles. The fourth-order valence-corrected chi connectivity index (χ4v) is 2.43. The molecule has 0 radical (unpaired) electrons. The van der Waals surface area contributed by atoms with E-state index in [1.54, 1.807) is 0 Å². The monoisotopic (exact) mass is 277 g/mol. The molecule has 0 aliphatic carbocycles. The second-order valence-corrected chi connectivity index (χ2v) is 5.65. The quantitative estimate of drug-likeness (QED) is 0.809. The summed E-state index contributed by atoms with van der Waals surface area (Å²) in [6.07, 6.45) is 3.34. The van der Waals surface area contributed by atoms with Crippen molar-refractivity contribution in [1.82, 2.24) is 4.90 Å². The second-order valence-electron chi connectivity index (χ2n) is 4.66. The van der Waals surface area contributed by atoms with Crippen LogP contribution in [-0.2, 0) is 6.54 Å². The van der Waals surface area contributed by atoms with Crippen LogP contribution in [0.5, 0.6) is 0 Å². The summed E-state index contributed by atoms with van der Waals surface area (Å²) in [5.41, 5.74) is 2.24. The maximum Gasteiger partial charge on any atom is 0.104 e. The van der Waals surface area contributed by atoms with E-state index >= 15 is 0 Å². The Bertz CT molecular complexity index is 436. The maximum atomic E-state index is 8.80. The van der Waals surface area contributed by atoms with Gasteiger partial charge in [0, 0.05) is 18.2 Å². The highest BCUT2D eigenvalue weighted by Crippen LogP contribution is 2.13. The Balaban J connectivity index is 2.70. The van der Waals surface area contributed by atoms with Crippen molar-refractivity contribution < 1.29 is 5.11 Å². The minimum absolute atomic E-state index is 0.0890. The van der Waals surface area contributed by atoms with Crippen molar-refractivity contribution in [3.63, 3.8) is 0 Å². The Morgan fingerprint density at radius 1 is 1.37 bits per heavy atom. The number of benzene rings is 1. The Labute approximate surface area is 121 Å². The highest BCUT2D eigenvalue weighted by Gasteiger charge is 2.10. The predicted octanol–water partition coefficient (Wildman–Crippen LogP) is 2.60. The van der Waals surface area contributed by atoms with E-state index in [0.717, 1.165) is 12.1 Å².